The van der Waals surface area contributed by atoms with Gasteiger partial charge in [0.25, 0.3) is 0 Å². The third kappa shape index (κ3) is 3.01. The number of nitrogens with zero attached hydrogens (tertiary/aromatic N) is 1. The van der Waals surface area contributed by atoms with Crippen molar-refractivity contribution in [2.45, 2.75) is 59.9 Å². The normalized spacial score (nSPS) is 21.5. The van der Waals surface area contributed by atoms with Gasteiger partial charge in [0.05, 0.1) is 5.41 Å². The van der Waals surface area contributed by atoms with E-state index in [0.717, 1.165) is 19.5 Å². The van der Waals surface area contributed by atoms with Crippen LogP contribution < -0.4 is 5.73 Å². The van der Waals surface area contributed by atoms with Crippen LogP contribution >= 0.6 is 0 Å². The van der Waals surface area contributed by atoms with Gasteiger partial charge in [-0.1, -0.05) is 13.8 Å². The van der Waals surface area contributed by atoms with Crippen LogP contribution in [0.4, 0.5) is 0 Å². The summed E-state index contributed by atoms with van der Waals surface area (Å²) < 4.78 is 0. The highest BCUT2D eigenvalue weighted by Crippen LogP contribution is 2.35. The molecule has 0 aromatic carbocycles. The number of carbonyl (C=O) groups is 1. The molecule has 0 aromatic rings. The summed E-state index contributed by atoms with van der Waals surface area (Å²) in [6.45, 7) is 14.0. The lowest BCUT2D eigenvalue weighted by Gasteiger charge is -2.45. The van der Waals surface area contributed by atoms with Crippen molar-refractivity contribution in [1.29, 1.82) is 0 Å². The Morgan fingerprint density at radius 1 is 1.24 bits per heavy atom. The van der Waals surface area contributed by atoms with Crippen molar-refractivity contribution < 1.29 is 4.79 Å². The molecule has 0 aliphatic carbocycles. The fourth-order valence-corrected chi connectivity index (χ4v) is 2.27. The van der Waals surface area contributed by atoms with E-state index in [2.05, 4.69) is 13.8 Å². The van der Waals surface area contributed by atoms with Crippen molar-refractivity contribution in [3.05, 3.63) is 0 Å². The quantitative estimate of drug-likeness (QED) is 0.805. The van der Waals surface area contributed by atoms with Gasteiger partial charge in [-0.25, -0.2) is 0 Å². The van der Waals surface area contributed by atoms with Gasteiger partial charge < -0.3 is 10.6 Å². The molecule has 0 unspecified atom stereocenters. The van der Waals surface area contributed by atoms with E-state index in [0.29, 0.717) is 0 Å². The lowest BCUT2D eigenvalue weighted by Crippen LogP contribution is -2.58. The number of hydrogen-bond acceptors (Lipinski definition) is 2. The lowest BCUT2D eigenvalue weighted by molar-refractivity contribution is -0.146. The maximum absolute atomic E-state index is 12.6. The van der Waals surface area contributed by atoms with Crippen LogP contribution in [0.2, 0.25) is 0 Å². The van der Waals surface area contributed by atoms with Crippen molar-refractivity contribution in [3.63, 3.8) is 0 Å². The predicted octanol–water partition coefficient (Wildman–Crippen LogP) is 2.40. The minimum atomic E-state index is -0.513. The standard InChI is InChI=1S/C14H28N2O/c1-12(2)8-7-9-16(10-12)11(17)13(3,4)14(5,6)15/h7-10,15H2,1-6H3. The minimum absolute atomic E-state index is 0.192. The first kappa shape index (κ1) is 14.5. The average molecular weight is 240 g/mol. The Labute approximate surface area is 106 Å². The number of rotatable bonds is 2. The van der Waals surface area contributed by atoms with Crippen LogP contribution in [0.15, 0.2) is 0 Å². The second-order valence-electron chi connectivity index (χ2n) is 7.34. The van der Waals surface area contributed by atoms with E-state index in [1.807, 2.05) is 32.6 Å². The van der Waals surface area contributed by atoms with E-state index in [1.165, 1.54) is 6.42 Å². The molecule has 1 amide bonds. The van der Waals surface area contributed by atoms with Gasteiger partial charge in [-0.05, 0) is 46.0 Å². The van der Waals surface area contributed by atoms with Crippen molar-refractivity contribution in [3.8, 4) is 0 Å². The number of carbonyl (C=O) groups excluding carboxylic acids is 1. The van der Waals surface area contributed by atoms with Gasteiger partial charge in [0.15, 0.2) is 0 Å². The van der Waals surface area contributed by atoms with Gasteiger partial charge in [-0.2, -0.15) is 0 Å². The molecule has 0 saturated carbocycles. The number of likely N-dealkylation sites (tertiary alicyclic amines) is 1. The molecule has 1 aliphatic heterocycles. The zero-order chi connectivity index (χ0) is 13.5. The smallest absolute Gasteiger partial charge is 0.230 e. The summed E-state index contributed by atoms with van der Waals surface area (Å²) in [4.78, 5) is 14.6. The lowest BCUT2D eigenvalue weighted by atomic mass is 9.73. The molecule has 3 heteroatoms. The molecule has 0 spiro atoms. The highest BCUT2D eigenvalue weighted by Gasteiger charge is 2.44. The Morgan fingerprint density at radius 2 is 1.76 bits per heavy atom. The van der Waals surface area contributed by atoms with Gasteiger partial charge in [0.1, 0.15) is 0 Å². The summed E-state index contributed by atoms with van der Waals surface area (Å²) in [7, 11) is 0. The first-order valence-corrected chi connectivity index (χ1v) is 6.56. The predicted molar refractivity (Wildman–Crippen MR) is 71.6 cm³/mol. The fraction of sp³-hybridized carbons (Fsp3) is 0.929. The van der Waals surface area contributed by atoms with Crippen LogP contribution in [0.3, 0.4) is 0 Å². The van der Waals surface area contributed by atoms with Crippen LogP contribution in [0, 0.1) is 10.8 Å². The Morgan fingerprint density at radius 3 is 2.18 bits per heavy atom. The highest BCUT2D eigenvalue weighted by atomic mass is 16.2. The molecular formula is C14H28N2O. The Kier molecular flexibility index (Phi) is 3.64. The first-order chi connectivity index (χ1) is 7.47. The SMILES string of the molecule is CC1(C)CCCN(C(=O)C(C)(C)C(C)(C)N)C1. The highest BCUT2D eigenvalue weighted by molar-refractivity contribution is 5.83. The topological polar surface area (TPSA) is 46.3 Å². The van der Waals surface area contributed by atoms with Gasteiger partial charge in [0.2, 0.25) is 5.91 Å². The average Bonchev–Trinajstić information content (AvgIpc) is 2.13. The van der Waals surface area contributed by atoms with E-state index in [1.54, 1.807) is 0 Å². The largest absolute Gasteiger partial charge is 0.342 e. The summed E-state index contributed by atoms with van der Waals surface area (Å²) in [5.41, 5.74) is 5.37. The molecule has 1 rings (SSSR count). The molecule has 100 valence electrons. The van der Waals surface area contributed by atoms with Gasteiger partial charge in [-0.15, -0.1) is 0 Å². The number of nitrogens with two attached hydrogens (primary N) is 1. The third-order valence-corrected chi connectivity index (χ3v) is 4.33. The second kappa shape index (κ2) is 4.27. The summed E-state index contributed by atoms with van der Waals surface area (Å²) in [6.07, 6.45) is 2.29. The summed E-state index contributed by atoms with van der Waals surface area (Å²) >= 11 is 0. The number of hydrogen-bond donors (Lipinski definition) is 1. The first-order valence-electron chi connectivity index (χ1n) is 6.56. The molecule has 2 N–H and O–H groups in total. The second-order valence-corrected chi connectivity index (χ2v) is 7.34. The van der Waals surface area contributed by atoms with Crippen molar-refractivity contribution in [1.82, 2.24) is 4.90 Å². The van der Waals surface area contributed by atoms with E-state index in [-0.39, 0.29) is 11.3 Å². The van der Waals surface area contributed by atoms with Crippen LogP contribution in [0.5, 0.6) is 0 Å². The van der Waals surface area contributed by atoms with Crippen LogP contribution in [0.25, 0.3) is 0 Å². The summed E-state index contributed by atoms with van der Waals surface area (Å²) in [5.74, 6) is 0.192. The van der Waals surface area contributed by atoms with Crippen molar-refractivity contribution >= 4 is 5.91 Å². The molecule has 0 radical (unpaired) electrons. The summed E-state index contributed by atoms with van der Waals surface area (Å²) in [6, 6.07) is 0. The fourth-order valence-electron chi connectivity index (χ4n) is 2.27. The number of amides is 1. The molecule has 0 atom stereocenters. The van der Waals surface area contributed by atoms with Gasteiger partial charge >= 0.3 is 0 Å². The molecule has 1 saturated heterocycles. The molecule has 0 aromatic heterocycles. The maximum atomic E-state index is 12.6. The van der Waals surface area contributed by atoms with Crippen molar-refractivity contribution in [2.75, 3.05) is 13.1 Å². The van der Waals surface area contributed by atoms with Gasteiger partial charge in [-0.3, -0.25) is 4.79 Å². The summed E-state index contributed by atoms with van der Waals surface area (Å²) in [5, 5.41) is 0. The molecule has 0 bridgehead atoms. The monoisotopic (exact) mass is 240 g/mol. The maximum Gasteiger partial charge on any atom is 0.230 e. The van der Waals surface area contributed by atoms with E-state index >= 15 is 0 Å². The van der Waals surface area contributed by atoms with Crippen LogP contribution in [-0.4, -0.2) is 29.4 Å². The molecule has 17 heavy (non-hydrogen) atoms. The number of piperidine rings is 1. The molecule has 3 nitrogen and oxygen atoms in total. The van der Waals surface area contributed by atoms with E-state index in [9.17, 15) is 4.79 Å². The zero-order valence-electron chi connectivity index (χ0n) is 12.3. The van der Waals surface area contributed by atoms with E-state index in [4.69, 9.17) is 5.73 Å². The van der Waals surface area contributed by atoms with Gasteiger partial charge in [0, 0.05) is 18.6 Å². The minimum Gasteiger partial charge on any atom is -0.342 e. The van der Waals surface area contributed by atoms with Crippen molar-refractivity contribution in [2.24, 2.45) is 16.6 Å². The van der Waals surface area contributed by atoms with Crippen LogP contribution in [0.1, 0.15) is 54.4 Å². The zero-order valence-corrected chi connectivity index (χ0v) is 12.3. The molecule has 1 heterocycles. The Hall–Kier alpha value is -0.570. The molecular weight excluding hydrogens is 212 g/mol. The third-order valence-electron chi connectivity index (χ3n) is 4.33. The molecule has 1 aliphatic rings. The van der Waals surface area contributed by atoms with Crippen LogP contribution in [-0.2, 0) is 4.79 Å². The van der Waals surface area contributed by atoms with E-state index < -0.39 is 11.0 Å². The molecule has 1 fully saturated rings. The Balaban J connectivity index is 2.84. The Bertz CT molecular complexity index is 300.